The lowest BCUT2D eigenvalue weighted by molar-refractivity contribution is -0.139. The number of piperidine rings is 1. The maximum Gasteiger partial charge on any atom is 0.261 e. The number of hydrogen-bond donors (Lipinski definition) is 1. The van der Waals surface area contributed by atoms with E-state index in [4.69, 9.17) is 26.2 Å². The summed E-state index contributed by atoms with van der Waals surface area (Å²) in [7, 11) is -3.79. The molecule has 2 heterocycles. The van der Waals surface area contributed by atoms with Crippen molar-refractivity contribution in [2.45, 2.75) is 49.6 Å². The summed E-state index contributed by atoms with van der Waals surface area (Å²) in [6, 6.07) is 10.6. The summed E-state index contributed by atoms with van der Waals surface area (Å²) < 4.78 is 47.8. The summed E-state index contributed by atoms with van der Waals surface area (Å²) in [6.45, 7) is -0.213. The van der Waals surface area contributed by atoms with Gasteiger partial charge in [-0.15, -0.1) is 0 Å². The van der Waals surface area contributed by atoms with Gasteiger partial charge in [0.05, 0.1) is 5.75 Å². The van der Waals surface area contributed by atoms with E-state index < -0.39 is 15.8 Å². The summed E-state index contributed by atoms with van der Waals surface area (Å²) in [5.74, 6) is -0.0308. The second kappa shape index (κ2) is 9.25. The molecular weight excluding hydrogens is 459 g/mol. The molecule has 32 heavy (non-hydrogen) atoms. The standard InChI is InChI=1S/C22H24ClFN2O5S/c23-15-1-8-21(14(9-15)13-32(25,28)29)30-12-22(27)26-17-4-5-18(26)11-20(10-17)31-19-6-2-16(24)3-7-19/h1-3,6-9,17-18,20H,4-5,10-13H2,(H2,25,28,29). The fourth-order valence-corrected chi connectivity index (χ4v) is 5.42. The van der Waals surface area contributed by atoms with Gasteiger partial charge in [0.15, 0.2) is 6.61 Å². The summed E-state index contributed by atoms with van der Waals surface area (Å²) >= 11 is 5.96. The van der Waals surface area contributed by atoms with E-state index in [1.807, 2.05) is 4.90 Å². The molecule has 2 atom stereocenters. The third kappa shape index (κ3) is 5.51. The van der Waals surface area contributed by atoms with Crippen LogP contribution in [0.5, 0.6) is 11.5 Å². The fraction of sp³-hybridized carbons (Fsp3) is 0.409. The van der Waals surface area contributed by atoms with Crippen LogP contribution in [0.4, 0.5) is 4.39 Å². The van der Waals surface area contributed by atoms with Gasteiger partial charge in [-0.3, -0.25) is 4.79 Å². The lowest BCUT2D eigenvalue weighted by atomic mass is 9.99. The van der Waals surface area contributed by atoms with Gasteiger partial charge in [-0.1, -0.05) is 11.6 Å². The van der Waals surface area contributed by atoms with E-state index in [2.05, 4.69) is 0 Å². The highest BCUT2D eigenvalue weighted by molar-refractivity contribution is 7.88. The van der Waals surface area contributed by atoms with Crippen LogP contribution >= 0.6 is 11.6 Å². The van der Waals surface area contributed by atoms with Gasteiger partial charge in [0, 0.05) is 35.5 Å². The Kier molecular flexibility index (Phi) is 6.60. The van der Waals surface area contributed by atoms with Crippen molar-refractivity contribution < 1.29 is 27.1 Å². The Morgan fingerprint density at radius 2 is 1.78 bits per heavy atom. The summed E-state index contributed by atoms with van der Waals surface area (Å²) in [6.07, 6.45) is 3.11. The van der Waals surface area contributed by atoms with Crippen molar-refractivity contribution in [3.05, 3.63) is 58.9 Å². The minimum absolute atomic E-state index is 0.0411. The number of amides is 1. The first kappa shape index (κ1) is 22.8. The van der Waals surface area contributed by atoms with E-state index in [-0.39, 0.29) is 42.3 Å². The molecular formula is C22H24ClFN2O5S. The van der Waals surface area contributed by atoms with Crippen LogP contribution in [-0.2, 0) is 20.6 Å². The highest BCUT2D eigenvalue weighted by Gasteiger charge is 2.44. The Bertz CT molecular complexity index is 1080. The zero-order valence-corrected chi connectivity index (χ0v) is 18.8. The highest BCUT2D eigenvalue weighted by atomic mass is 35.5. The molecule has 0 radical (unpaired) electrons. The number of primary sulfonamides is 1. The van der Waals surface area contributed by atoms with Crippen molar-refractivity contribution in [3.8, 4) is 11.5 Å². The number of rotatable bonds is 7. The van der Waals surface area contributed by atoms with Crippen molar-refractivity contribution >= 4 is 27.5 Å². The molecule has 2 aromatic carbocycles. The normalized spacial score (nSPS) is 22.6. The van der Waals surface area contributed by atoms with Gasteiger partial charge < -0.3 is 14.4 Å². The molecule has 1 amide bonds. The first-order valence-corrected chi connectivity index (χ1v) is 12.4. The first-order chi connectivity index (χ1) is 15.2. The van der Waals surface area contributed by atoms with E-state index in [0.29, 0.717) is 29.2 Å². The van der Waals surface area contributed by atoms with Crippen molar-refractivity contribution in [1.29, 1.82) is 0 Å². The minimum Gasteiger partial charge on any atom is -0.490 e. The van der Waals surface area contributed by atoms with Gasteiger partial charge in [0.2, 0.25) is 10.0 Å². The Morgan fingerprint density at radius 1 is 1.12 bits per heavy atom. The van der Waals surface area contributed by atoms with Crippen LogP contribution in [0.2, 0.25) is 5.02 Å². The van der Waals surface area contributed by atoms with E-state index >= 15 is 0 Å². The molecule has 0 spiro atoms. The van der Waals surface area contributed by atoms with Gasteiger partial charge in [-0.2, -0.15) is 0 Å². The monoisotopic (exact) mass is 482 g/mol. The number of ether oxygens (including phenoxy) is 2. The summed E-state index contributed by atoms with van der Waals surface area (Å²) in [5, 5.41) is 5.50. The Hall–Kier alpha value is -2.36. The molecule has 4 rings (SSSR count). The minimum atomic E-state index is -3.79. The molecule has 2 fully saturated rings. The molecule has 0 aliphatic carbocycles. The SMILES string of the molecule is NS(=O)(=O)Cc1cc(Cl)ccc1OCC(=O)N1C2CCC1CC(Oc1ccc(F)cc1)C2. The van der Waals surface area contributed by atoms with Gasteiger partial charge in [-0.05, 0) is 55.3 Å². The smallest absolute Gasteiger partial charge is 0.261 e. The van der Waals surface area contributed by atoms with Gasteiger partial charge in [0.25, 0.3) is 5.91 Å². The Morgan fingerprint density at radius 3 is 2.41 bits per heavy atom. The number of carbonyl (C=O) groups is 1. The molecule has 2 aromatic rings. The summed E-state index contributed by atoms with van der Waals surface area (Å²) in [4.78, 5) is 14.8. The molecule has 172 valence electrons. The van der Waals surface area contributed by atoms with Crippen LogP contribution in [-0.4, -0.2) is 44.0 Å². The topological polar surface area (TPSA) is 98.9 Å². The third-order valence-corrected chi connectivity index (χ3v) is 6.77. The molecule has 0 saturated carbocycles. The van der Waals surface area contributed by atoms with Crippen molar-refractivity contribution in [1.82, 2.24) is 4.90 Å². The van der Waals surface area contributed by atoms with Crippen LogP contribution in [0.15, 0.2) is 42.5 Å². The van der Waals surface area contributed by atoms with Crippen LogP contribution in [0.25, 0.3) is 0 Å². The molecule has 2 unspecified atom stereocenters. The Balaban J connectivity index is 1.38. The number of nitrogens with zero attached hydrogens (tertiary/aromatic N) is 1. The van der Waals surface area contributed by atoms with Crippen LogP contribution in [0.1, 0.15) is 31.2 Å². The van der Waals surface area contributed by atoms with E-state index in [0.717, 1.165) is 12.8 Å². The van der Waals surface area contributed by atoms with Crippen LogP contribution in [0, 0.1) is 5.82 Å². The van der Waals surface area contributed by atoms with E-state index in [9.17, 15) is 17.6 Å². The largest absolute Gasteiger partial charge is 0.490 e. The lowest BCUT2D eigenvalue weighted by Crippen LogP contribution is -2.50. The number of fused-ring (bicyclic) bond motifs is 2. The summed E-state index contributed by atoms with van der Waals surface area (Å²) in [5.41, 5.74) is 0.308. The number of halogens is 2. The predicted molar refractivity (Wildman–Crippen MR) is 117 cm³/mol. The van der Waals surface area contributed by atoms with E-state index in [1.165, 1.54) is 24.3 Å². The van der Waals surface area contributed by atoms with Gasteiger partial charge in [-0.25, -0.2) is 17.9 Å². The predicted octanol–water partition coefficient (Wildman–Crippen LogP) is 3.25. The zero-order valence-electron chi connectivity index (χ0n) is 17.2. The van der Waals surface area contributed by atoms with Crippen molar-refractivity contribution in [2.24, 2.45) is 5.14 Å². The number of sulfonamides is 1. The average Bonchev–Trinajstić information content (AvgIpc) is 2.98. The zero-order chi connectivity index (χ0) is 22.9. The van der Waals surface area contributed by atoms with Crippen molar-refractivity contribution in [2.75, 3.05) is 6.61 Å². The van der Waals surface area contributed by atoms with E-state index in [1.54, 1.807) is 18.2 Å². The number of hydrogen-bond acceptors (Lipinski definition) is 5. The first-order valence-electron chi connectivity index (χ1n) is 10.3. The van der Waals surface area contributed by atoms with Crippen LogP contribution in [0.3, 0.4) is 0 Å². The van der Waals surface area contributed by atoms with Crippen LogP contribution < -0.4 is 14.6 Å². The van der Waals surface area contributed by atoms with Gasteiger partial charge in [0.1, 0.15) is 23.4 Å². The molecule has 0 aromatic heterocycles. The van der Waals surface area contributed by atoms with Gasteiger partial charge >= 0.3 is 0 Å². The number of carbonyl (C=O) groups excluding carboxylic acids is 1. The van der Waals surface area contributed by atoms with Crippen molar-refractivity contribution in [3.63, 3.8) is 0 Å². The fourth-order valence-electron chi connectivity index (χ4n) is 4.57. The molecule has 10 heteroatoms. The molecule has 2 aliphatic rings. The highest BCUT2D eigenvalue weighted by Crippen LogP contribution is 2.37. The Labute approximate surface area is 191 Å². The second-order valence-electron chi connectivity index (χ2n) is 8.20. The third-order valence-electron chi connectivity index (χ3n) is 5.82. The number of benzene rings is 2. The molecule has 2 bridgehead atoms. The number of nitrogens with two attached hydrogens (primary N) is 1. The second-order valence-corrected chi connectivity index (χ2v) is 10.2. The molecule has 2 aliphatic heterocycles. The quantitative estimate of drug-likeness (QED) is 0.653. The molecule has 2 saturated heterocycles. The average molecular weight is 483 g/mol. The molecule has 2 N–H and O–H groups in total. The molecule has 7 nitrogen and oxygen atoms in total. The lowest BCUT2D eigenvalue weighted by Gasteiger charge is -2.38. The maximum absolute atomic E-state index is 13.1. The maximum atomic E-state index is 13.1.